The maximum atomic E-state index is 5.89. The summed E-state index contributed by atoms with van der Waals surface area (Å²) in [6.45, 7) is 15.4. The van der Waals surface area contributed by atoms with Crippen LogP contribution in [0.3, 0.4) is 0 Å². The van der Waals surface area contributed by atoms with Crippen LogP contribution in [0.4, 0.5) is 0 Å². The highest BCUT2D eigenvalue weighted by molar-refractivity contribution is 6.74. The molecule has 0 spiro atoms. The van der Waals surface area contributed by atoms with Crippen molar-refractivity contribution in [1.82, 2.24) is 4.90 Å². The van der Waals surface area contributed by atoms with Gasteiger partial charge in [0.15, 0.2) is 0 Å². The van der Waals surface area contributed by atoms with E-state index in [4.69, 9.17) is 14.6 Å². The van der Waals surface area contributed by atoms with Crippen molar-refractivity contribution in [3.05, 3.63) is 0 Å². The van der Waals surface area contributed by atoms with Gasteiger partial charge in [-0.25, -0.2) is 0 Å². The minimum Gasteiger partial charge on any atom is -0.419 e. The molecule has 122 valence electrons. The third-order valence-electron chi connectivity index (χ3n) is 4.62. The van der Waals surface area contributed by atoms with E-state index in [0.717, 1.165) is 19.4 Å². The minimum atomic E-state index is -1.74. The van der Waals surface area contributed by atoms with Crippen molar-refractivity contribution >= 4 is 16.6 Å². The third-order valence-corrected chi connectivity index (χ3v) is 11.4. The summed E-state index contributed by atoms with van der Waals surface area (Å²) in [5.74, 6) is 0. The molecule has 2 unspecified atom stereocenters. The van der Waals surface area contributed by atoms with Gasteiger partial charge in [-0.2, -0.15) is 0 Å². The Labute approximate surface area is 128 Å². The Morgan fingerprint density at radius 3 is 1.45 bits per heavy atom. The highest BCUT2D eigenvalue weighted by atomic mass is 28.4. The molecule has 0 aromatic carbocycles. The lowest BCUT2D eigenvalue weighted by Crippen LogP contribution is -2.64. The molecule has 0 heterocycles. The molecule has 0 aromatic heterocycles. The van der Waals surface area contributed by atoms with Gasteiger partial charge >= 0.3 is 0 Å². The van der Waals surface area contributed by atoms with Gasteiger partial charge in [-0.1, -0.05) is 13.8 Å². The molecule has 0 aliphatic carbocycles. The molecule has 0 radical (unpaired) electrons. The average Bonchev–Trinajstić information content (AvgIpc) is 2.39. The fourth-order valence-corrected chi connectivity index (χ4v) is 8.08. The van der Waals surface area contributed by atoms with Crippen LogP contribution in [-0.4, -0.2) is 60.2 Å². The van der Waals surface area contributed by atoms with Crippen LogP contribution >= 0.6 is 0 Å². The molecule has 0 aliphatic heterocycles. The SMILES string of the molecule is CCC(N(CCN)C(CC)[Si](C)(C)OC)[Si](C)(C)OC. The maximum Gasteiger partial charge on any atom is 0.202 e. The average molecular weight is 321 g/mol. The van der Waals surface area contributed by atoms with Gasteiger partial charge < -0.3 is 14.6 Å². The van der Waals surface area contributed by atoms with Crippen molar-refractivity contribution in [1.29, 1.82) is 0 Å². The molecule has 0 saturated carbocycles. The molecule has 0 fully saturated rings. The van der Waals surface area contributed by atoms with Crippen LogP contribution in [0.25, 0.3) is 0 Å². The first-order chi connectivity index (χ1) is 9.21. The third kappa shape index (κ3) is 4.92. The van der Waals surface area contributed by atoms with Crippen LogP contribution < -0.4 is 5.73 Å². The monoisotopic (exact) mass is 320 g/mol. The maximum absolute atomic E-state index is 5.89. The predicted octanol–water partition coefficient (Wildman–Crippen LogP) is 2.59. The van der Waals surface area contributed by atoms with E-state index in [-0.39, 0.29) is 0 Å². The lowest BCUT2D eigenvalue weighted by molar-refractivity contribution is 0.176. The van der Waals surface area contributed by atoms with Crippen LogP contribution in [0.2, 0.25) is 26.2 Å². The molecule has 20 heavy (non-hydrogen) atoms. The molecule has 0 bridgehead atoms. The molecule has 0 aliphatic rings. The quantitative estimate of drug-likeness (QED) is 0.629. The molecule has 2 N–H and O–H groups in total. The summed E-state index contributed by atoms with van der Waals surface area (Å²) in [7, 11) is 0.232. The second kappa shape index (κ2) is 8.65. The first-order valence-corrected chi connectivity index (χ1v) is 13.7. The lowest BCUT2D eigenvalue weighted by Gasteiger charge is -2.47. The zero-order valence-corrected chi connectivity index (χ0v) is 16.8. The Hall–Kier alpha value is 0.274. The Bertz CT molecular complexity index is 252. The van der Waals surface area contributed by atoms with Crippen LogP contribution in [0.5, 0.6) is 0 Å². The molecule has 0 amide bonds. The topological polar surface area (TPSA) is 47.7 Å². The fourth-order valence-electron chi connectivity index (χ4n) is 3.20. The van der Waals surface area contributed by atoms with Crippen LogP contribution in [0, 0.1) is 0 Å². The van der Waals surface area contributed by atoms with Crippen LogP contribution in [0.1, 0.15) is 26.7 Å². The largest absolute Gasteiger partial charge is 0.419 e. The first kappa shape index (κ1) is 20.3. The lowest BCUT2D eigenvalue weighted by atomic mass is 10.3. The zero-order valence-electron chi connectivity index (χ0n) is 14.8. The van der Waals surface area contributed by atoms with Gasteiger partial charge in [0.1, 0.15) is 0 Å². The van der Waals surface area contributed by atoms with Gasteiger partial charge in [-0.05, 0) is 39.0 Å². The summed E-state index contributed by atoms with van der Waals surface area (Å²) >= 11 is 0. The summed E-state index contributed by atoms with van der Waals surface area (Å²) < 4.78 is 11.8. The molecule has 0 aromatic rings. The van der Waals surface area contributed by atoms with Crippen molar-refractivity contribution in [2.75, 3.05) is 27.3 Å². The first-order valence-electron chi connectivity index (χ1n) is 7.77. The van der Waals surface area contributed by atoms with E-state index in [1.165, 1.54) is 0 Å². The summed E-state index contributed by atoms with van der Waals surface area (Å²) in [4.78, 5) is 2.60. The van der Waals surface area contributed by atoms with E-state index < -0.39 is 16.6 Å². The highest BCUT2D eigenvalue weighted by Crippen LogP contribution is 2.27. The van der Waals surface area contributed by atoms with E-state index >= 15 is 0 Å². The Morgan fingerprint density at radius 2 is 1.25 bits per heavy atom. The number of rotatable bonds is 10. The van der Waals surface area contributed by atoms with E-state index in [2.05, 4.69) is 44.9 Å². The van der Waals surface area contributed by atoms with Gasteiger partial charge in [0, 0.05) is 38.6 Å². The van der Waals surface area contributed by atoms with Gasteiger partial charge in [0.05, 0.1) is 0 Å². The molecule has 2 atom stereocenters. The van der Waals surface area contributed by atoms with Gasteiger partial charge in [-0.3, -0.25) is 4.90 Å². The van der Waals surface area contributed by atoms with E-state index in [1.54, 1.807) is 0 Å². The molecule has 0 saturated heterocycles. The molecular weight excluding hydrogens is 284 g/mol. The van der Waals surface area contributed by atoms with Gasteiger partial charge in [-0.15, -0.1) is 0 Å². The summed E-state index contributed by atoms with van der Waals surface area (Å²) in [6.07, 6.45) is 2.22. The van der Waals surface area contributed by atoms with Gasteiger partial charge in [0.2, 0.25) is 16.6 Å². The van der Waals surface area contributed by atoms with Crippen LogP contribution in [-0.2, 0) is 8.85 Å². The van der Waals surface area contributed by atoms with Crippen LogP contribution in [0.15, 0.2) is 0 Å². The van der Waals surface area contributed by atoms with E-state index in [9.17, 15) is 0 Å². The second-order valence-electron chi connectivity index (χ2n) is 6.49. The molecular formula is C14H36N2O2Si2. The number of nitrogens with zero attached hydrogens (tertiary/aromatic N) is 1. The Balaban J connectivity index is 5.47. The number of hydrogen-bond donors (Lipinski definition) is 1. The minimum absolute atomic E-state index is 0.489. The van der Waals surface area contributed by atoms with Crippen molar-refractivity contribution < 1.29 is 8.85 Å². The fraction of sp³-hybridized carbons (Fsp3) is 1.00. The zero-order chi connectivity index (χ0) is 16.0. The van der Waals surface area contributed by atoms with E-state index in [1.807, 2.05) is 14.2 Å². The van der Waals surface area contributed by atoms with Crippen molar-refractivity contribution in [3.63, 3.8) is 0 Å². The standard InChI is InChI=1S/C14H36N2O2Si2/c1-9-13(19(5,6)17-3)16(12-11-15)14(10-2)20(7,8)18-4/h13-14H,9-12,15H2,1-8H3. The van der Waals surface area contributed by atoms with Crippen molar-refractivity contribution in [2.45, 2.75) is 64.2 Å². The summed E-state index contributed by atoms with van der Waals surface area (Å²) in [6, 6.07) is 0. The highest BCUT2D eigenvalue weighted by Gasteiger charge is 2.43. The smallest absolute Gasteiger partial charge is 0.202 e. The van der Waals surface area contributed by atoms with Crippen molar-refractivity contribution in [2.24, 2.45) is 5.73 Å². The van der Waals surface area contributed by atoms with E-state index in [0.29, 0.717) is 17.9 Å². The second-order valence-corrected chi connectivity index (χ2v) is 15.1. The number of nitrogens with two attached hydrogens (primary N) is 1. The van der Waals surface area contributed by atoms with Gasteiger partial charge in [0.25, 0.3) is 0 Å². The van der Waals surface area contributed by atoms with Crippen molar-refractivity contribution in [3.8, 4) is 0 Å². The Morgan fingerprint density at radius 1 is 0.900 bits per heavy atom. The molecule has 6 heteroatoms. The predicted molar refractivity (Wildman–Crippen MR) is 92.9 cm³/mol. The summed E-state index contributed by atoms with van der Waals surface area (Å²) in [5, 5.41) is 0. The Kier molecular flexibility index (Phi) is 8.77. The summed E-state index contributed by atoms with van der Waals surface area (Å²) in [5.41, 5.74) is 6.87. The normalized spacial score (nSPS) is 16.5. The molecule has 0 rings (SSSR count). The molecule has 4 nitrogen and oxygen atoms in total. The number of hydrogen-bond acceptors (Lipinski definition) is 4.